The predicted molar refractivity (Wildman–Crippen MR) is 80.4 cm³/mol. The molecular formula is C16H21NO3. The lowest BCUT2D eigenvalue weighted by molar-refractivity contribution is -0.117. The third kappa shape index (κ3) is 2.15. The topological polar surface area (TPSA) is 38.8 Å². The smallest absolute Gasteiger partial charge is 0.224 e. The maximum Gasteiger partial charge on any atom is 0.224 e. The maximum atomic E-state index is 12.1. The largest absolute Gasteiger partial charge is 0.497 e. The molecule has 0 saturated carbocycles. The van der Waals surface area contributed by atoms with E-state index in [0.29, 0.717) is 5.75 Å². The molecule has 108 valence electrons. The molecule has 20 heavy (non-hydrogen) atoms. The van der Waals surface area contributed by atoms with Gasteiger partial charge in [-0.15, -0.1) is 0 Å². The van der Waals surface area contributed by atoms with Gasteiger partial charge in [0, 0.05) is 24.6 Å². The summed E-state index contributed by atoms with van der Waals surface area (Å²) in [5.74, 6) is 1.39. The number of hydrogen-bond acceptors (Lipinski definition) is 3. The highest BCUT2D eigenvalue weighted by molar-refractivity contribution is 6.00. The van der Waals surface area contributed by atoms with E-state index in [1.54, 1.807) is 26.0 Å². The van der Waals surface area contributed by atoms with Crippen molar-refractivity contribution in [1.82, 2.24) is 0 Å². The van der Waals surface area contributed by atoms with Gasteiger partial charge in [-0.05, 0) is 26.3 Å². The summed E-state index contributed by atoms with van der Waals surface area (Å²) in [6.45, 7) is 7.65. The number of ether oxygens (including phenoxy) is 2. The van der Waals surface area contributed by atoms with Crippen LogP contribution in [0.2, 0.25) is 0 Å². The first-order chi connectivity index (χ1) is 9.31. The van der Waals surface area contributed by atoms with Crippen molar-refractivity contribution in [2.24, 2.45) is 0 Å². The monoisotopic (exact) mass is 275 g/mol. The van der Waals surface area contributed by atoms with Crippen molar-refractivity contribution in [2.45, 2.75) is 33.2 Å². The van der Waals surface area contributed by atoms with Crippen LogP contribution >= 0.6 is 0 Å². The van der Waals surface area contributed by atoms with Crippen LogP contribution in [0.3, 0.4) is 0 Å². The summed E-state index contributed by atoms with van der Waals surface area (Å²) in [7, 11) is 3.23. The minimum atomic E-state index is -0.375. The Hall–Kier alpha value is -1.97. The van der Waals surface area contributed by atoms with Crippen LogP contribution in [0.15, 0.2) is 18.2 Å². The van der Waals surface area contributed by atoms with E-state index in [4.69, 9.17) is 9.47 Å². The van der Waals surface area contributed by atoms with Gasteiger partial charge in [-0.3, -0.25) is 4.79 Å². The van der Waals surface area contributed by atoms with Gasteiger partial charge >= 0.3 is 0 Å². The first kappa shape index (κ1) is 14.4. The molecule has 0 atom stereocenters. The number of fused-ring (bicyclic) bond motifs is 1. The minimum Gasteiger partial charge on any atom is -0.497 e. The third-order valence-corrected chi connectivity index (χ3v) is 3.61. The number of hydrogen-bond donors (Lipinski definition) is 0. The molecule has 1 heterocycles. The Bertz CT molecular complexity index is 588. The molecule has 0 aromatic heterocycles. The second-order valence-electron chi connectivity index (χ2n) is 5.56. The number of anilines is 1. The van der Waals surface area contributed by atoms with Crippen molar-refractivity contribution in [1.29, 1.82) is 0 Å². The highest BCUT2D eigenvalue weighted by Crippen LogP contribution is 2.45. The van der Waals surface area contributed by atoms with Gasteiger partial charge in [0.1, 0.15) is 11.5 Å². The Kier molecular flexibility index (Phi) is 3.50. The SMILES string of the molecule is COc1cc(OC)c2c(c1)N(C(C)=O)C(C)(C)C=C2C. The zero-order valence-corrected chi connectivity index (χ0v) is 12.9. The Morgan fingerprint density at radius 2 is 1.85 bits per heavy atom. The summed E-state index contributed by atoms with van der Waals surface area (Å²) in [5.41, 5.74) is 2.50. The van der Waals surface area contributed by atoms with E-state index in [0.717, 1.165) is 22.6 Å². The van der Waals surface area contributed by atoms with E-state index in [9.17, 15) is 4.79 Å². The molecule has 0 N–H and O–H groups in total. The summed E-state index contributed by atoms with van der Waals surface area (Å²) in [6, 6.07) is 3.73. The summed E-state index contributed by atoms with van der Waals surface area (Å²) in [6.07, 6.45) is 2.09. The average molecular weight is 275 g/mol. The van der Waals surface area contributed by atoms with Crippen molar-refractivity contribution >= 4 is 17.2 Å². The molecule has 4 heteroatoms. The van der Waals surface area contributed by atoms with E-state index < -0.39 is 0 Å². The quantitative estimate of drug-likeness (QED) is 0.831. The van der Waals surface area contributed by atoms with Crippen LogP contribution in [0.1, 0.15) is 33.3 Å². The van der Waals surface area contributed by atoms with Gasteiger partial charge in [-0.25, -0.2) is 0 Å². The number of carbonyl (C=O) groups excluding carboxylic acids is 1. The zero-order valence-electron chi connectivity index (χ0n) is 12.9. The number of nitrogens with zero attached hydrogens (tertiary/aromatic N) is 1. The van der Waals surface area contributed by atoms with E-state index in [2.05, 4.69) is 6.08 Å². The molecular weight excluding hydrogens is 254 g/mol. The molecule has 1 aromatic rings. The standard InChI is InChI=1S/C16H21NO3/c1-10-9-16(3,4)17(11(2)18)13-7-12(19-5)8-14(20-6)15(10)13/h7-9H,1-6H3. The van der Waals surface area contributed by atoms with E-state index in [1.165, 1.54) is 0 Å². The van der Waals surface area contributed by atoms with E-state index >= 15 is 0 Å². The van der Waals surface area contributed by atoms with Gasteiger partial charge in [0.25, 0.3) is 0 Å². The molecule has 0 unspecified atom stereocenters. The molecule has 0 aliphatic carbocycles. The number of allylic oxidation sites excluding steroid dienone is 1. The average Bonchev–Trinajstić information content (AvgIpc) is 2.35. The fraction of sp³-hybridized carbons (Fsp3) is 0.438. The van der Waals surface area contributed by atoms with Crippen molar-refractivity contribution < 1.29 is 14.3 Å². The molecule has 2 rings (SSSR count). The minimum absolute atomic E-state index is 0.00435. The van der Waals surface area contributed by atoms with Crippen LogP contribution in [0.5, 0.6) is 11.5 Å². The molecule has 0 fully saturated rings. The molecule has 0 radical (unpaired) electrons. The lowest BCUT2D eigenvalue weighted by Crippen LogP contribution is -2.48. The summed E-state index contributed by atoms with van der Waals surface area (Å²) < 4.78 is 10.8. The molecule has 1 aliphatic rings. The molecule has 1 aliphatic heterocycles. The molecule has 0 bridgehead atoms. The fourth-order valence-corrected chi connectivity index (χ4v) is 2.98. The third-order valence-electron chi connectivity index (χ3n) is 3.61. The lowest BCUT2D eigenvalue weighted by atomic mass is 9.88. The van der Waals surface area contributed by atoms with Gasteiger partial charge in [-0.1, -0.05) is 6.08 Å². The summed E-state index contributed by atoms with van der Waals surface area (Å²) in [4.78, 5) is 13.9. The molecule has 1 amide bonds. The Balaban J connectivity index is 2.78. The van der Waals surface area contributed by atoms with Crippen LogP contribution in [-0.4, -0.2) is 25.7 Å². The van der Waals surface area contributed by atoms with Gasteiger partial charge < -0.3 is 14.4 Å². The number of benzene rings is 1. The Labute approximate surface area is 120 Å². The van der Waals surface area contributed by atoms with Gasteiger partial charge in [0.15, 0.2) is 0 Å². The molecule has 0 spiro atoms. The first-order valence-corrected chi connectivity index (χ1v) is 6.58. The number of amides is 1. The normalized spacial score (nSPS) is 16.3. The fourth-order valence-electron chi connectivity index (χ4n) is 2.98. The van der Waals surface area contributed by atoms with E-state index in [1.807, 2.05) is 32.9 Å². The zero-order chi connectivity index (χ0) is 15.1. The van der Waals surface area contributed by atoms with Crippen LogP contribution in [0.25, 0.3) is 5.57 Å². The van der Waals surface area contributed by atoms with Crippen LogP contribution in [0, 0.1) is 0 Å². The Morgan fingerprint density at radius 1 is 1.20 bits per heavy atom. The highest BCUT2D eigenvalue weighted by atomic mass is 16.5. The number of carbonyl (C=O) groups is 1. The predicted octanol–water partition coefficient (Wildman–Crippen LogP) is 3.25. The van der Waals surface area contributed by atoms with Crippen LogP contribution < -0.4 is 14.4 Å². The second kappa shape index (κ2) is 4.85. The van der Waals surface area contributed by atoms with Gasteiger partial charge in [-0.2, -0.15) is 0 Å². The van der Waals surface area contributed by atoms with Crippen LogP contribution in [0.4, 0.5) is 5.69 Å². The van der Waals surface area contributed by atoms with Gasteiger partial charge in [0.05, 0.1) is 25.4 Å². The van der Waals surface area contributed by atoms with Gasteiger partial charge in [0.2, 0.25) is 5.91 Å². The van der Waals surface area contributed by atoms with Crippen molar-refractivity contribution in [3.63, 3.8) is 0 Å². The van der Waals surface area contributed by atoms with Crippen LogP contribution in [-0.2, 0) is 4.79 Å². The number of rotatable bonds is 2. The second-order valence-corrected chi connectivity index (χ2v) is 5.56. The summed E-state index contributed by atoms with van der Waals surface area (Å²) in [5, 5.41) is 0. The van der Waals surface area contributed by atoms with Crippen molar-refractivity contribution in [3.8, 4) is 11.5 Å². The maximum absolute atomic E-state index is 12.1. The molecule has 0 saturated heterocycles. The lowest BCUT2D eigenvalue weighted by Gasteiger charge is -2.41. The molecule has 4 nitrogen and oxygen atoms in total. The van der Waals surface area contributed by atoms with Crippen molar-refractivity contribution in [2.75, 3.05) is 19.1 Å². The van der Waals surface area contributed by atoms with Crippen molar-refractivity contribution in [3.05, 3.63) is 23.8 Å². The summed E-state index contributed by atoms with van der Waals surface area (Å²) >= 11 is 0. The highest BCUT2D eigenvalue weighted by Gasteiger charge is 2.35. The Morgan fingerprint density at radius 3 is 2.35 bits per heavy atom. The van der Waals surface area contributed by atoms with E-state index in [-0.39, 0.29) is 11.4 Å². The molecule has 1 aromatic carbocycles. The number of methoxy groups -OCH3 is 2. The first-order valence-electron chi connectivity index (χ1n) is 6.58.